The second kappa shape index (κ2) is 10.3. The number of thioether (sulfide) groups is 1. The highest BCUT2D eigenvalue weighted by atomic mass is 32.2. The smallest absolute Gasteiger partial charge is 0.246 e. The first-order valence-electron chi connectivity index (χ1n) is 9.60. The van der Waals surface area contributed by atoms with Crippen LogP contribution in [0.1, 0.15) is 30.9 Å². The maximum absolute atomic E-state index is 12.5. The molecule has 2 aromatic carbocycles. The summed E-state index contributed by atoms with van der Waals surface area (Å²) in [7, 11) is -3.64. The molecule has 0 saturated heterocycles. The van der Waals surface area contributed by atoms with E-state index in [9.17, 15) is 13.2 Å². The summed E-state index contributed by atoms with van der Waals surface area (Å²) in [5, 5.41) is 11.1. The maximum atomic E-state index is 12.5. The lowest BCUT2D eigenvalue weighted by molar-refractivity contribution is -0.114. The number of hydrogen-bond acceptors (Lipinski definition) is 7. The van der Waals surface area contributed by atoms with Crippen molar-refractivity contribution in [3.63, 3.8) is 0 Å². The second-order valence-corrected chi connectivity index (χ2v) is 11.3. The van der Waals surface area contributed by atoms with Crippen LogP contribution in [0.2, 0.25) is 0 Å². The third-order valence-electron chi connectivity index (χ3n) is 4.39. The Hall–Kier alpha value is -2.43. The Morgan fingerprint density at radius 1 is 1.10 bits per heavy atom. The highest BCUT2D eigenvalue weighted by Gasteiger charge is 2.22. The van der Waals surface area contributed by atoms with Gasteiger partial charge in [0.15, 0.2) is 4.34 Å². The number of aromatic nitrogens is 2. The van der Waals surface area contributed by atoms with Crippen molar-refractivity contribution in [2.75, 3.05) is 22.4 Å². The van der Waals surface area contributed by atoms with Crippen LogP contribution in [0.5, 0.6) is 0 Å². The van der Waals surface area contributed by atoms with E-state index in [4.69, 9.17) is 0 Å². The minimum atomic E-state index is -3.64. The lowest BCUT2D eigenvalue weighted by atomic mass is 10.0. The van der Waals surface area contributed by atoms with E-state index in [2.05, 4.69) is 29.4 Å². The molecule has 0 fully saturated rings. The summed E-state index contributed by atoms with van der Waals surface area (Å²) >= 11 is 2.78. The Kier molecular flexibility index (Phi) is 7.69. The van der Waals surface area contributed by atoms with Crippen LogP contribution >= 0.6 is 23.1 Å². The van der Waals surface area contributed by atoms with Crippen LogP contribution < -0.4 is 9.62 Å². The average Bonchev–Trinajstić information content (AvgIpc) is 3.18. The lowest BCUT2D eigenvalue weighted by Gasteiger charge is -2.22. The summed E-state index contributed by atoms with van der Waals surface area (Å²) in [6, 6.07) is 17.2. The standard InChI is InChI=1S/C21H24N4O3S3/c1-15(2)17-9-11-18(12-10-17)25(31(3,27)28)13-19(26)22-20-23-24-21(30-20)29-14-16-7-5-4-6-8-16/h4-12,15H,13-14H2,1-3H3,(H,22,23,26). The van der Waals surface area contributed by atoms with E-state index in [0.717, 1.165) is 26.2 Å². The Bertz CT molecular complexity index is 1110. The molecule has 0 aliphatic rings. The number of anilines is 2. The van der Waals surface area contributed by atoms with E-state index >= 15 is 0 Å². The molecule has 10 heteroatoms. The van der Waals surface area contributed by atoms with Gasteiger partial charge in [0.2, 0.25) is 21.1 Å². The normalized spacial score (nSPS) is 11.5. The molecule has 3 aromatic rings. The van der Waals surface area contributed by atoms with Crippen molar-refractivity contribution >= 4 is 49.8 Å². The Morgan fingerprint density at radius 2 is 1.77 bits per heavy atom. The van der Waals surface area contributed by atoms with Crippen LogP contribution in [0, 0.1) is 0 Å². The molecule has 1 amide bonds. The van der Waals surface area contributed by atoms with Gasteiger partial charge in [0.05, 0.1) is 11.9 Å². The molecule has 0 unspecified atom stereocenters. The molecule has 0 aliphatic carbocycles. The van der Waals surface area contributed by atoms with Gasteiger partial charge < -0.3 is 0 Å². The first kappa shape index (κ1) is 23.2. The molecule has 0 aliphatic heterocycles. The van der Waals surface area contributed by atoms with Gasteiger partial charge in [0.25, 0.3) is 0 Å². The van der Waals surface area contributed by atoms with Gasteiger partial charge in [-0.1, -0.05) is 79.4 Å². The monoisotopic (exact) mass is 476 g/mol. The molecule has 1 N–H and O–H groups in total. The third-order valence-corrected chi connectivity index (χ3v) is 7.58. The van der Waals surface area contributed by atoms with Gasteiger partial charge in [-0.15, -0.1) is 10.2 Å². The van der Waals surface area contributed by atoms with Crippen molar-refractivity contribution in [2.24, 2.45) is 0 Å². The van der Waals surface area contributed by atoms with Gasteiger partial charge in [-0.2, -0.15) is 0 Å². The fourth-order valence-electron chi connectivity index (χ4n) is 2.75. The molecule has 31 heavy (non-hydrogen) atoms. The molecule has 3 rings (SSSR count). The van der Waals surface area contributed by atoms with E-state index in [0.29, 0.717) is 16.7 Å². The summed E-state index contributed by atoms with van der Waals surface area (Å²) in [5.41, 5.74) is 2.70. The van der Waals surface area contributed by atoms with Crippen molar-refractivity contribution in [1.82, 2.24) is 10.2 Å². The summed E-state index contributed by atoms with van der Waals surface area (Å²) in [6.07, 6.45) is 1.08. The minimum absolute atomic E-state index is 0.329. The van der Waals surface area contributed by atoms with Gasteiger partial charge in [-0.3, -0.25) is 14.4 Å². The zero-order chi connectivity index (χ0) is 22.4. The SMILES string of the molecule is CC(C)c1ccc(N(CC(=O)Nc2nnc(SCc3ccccc3)s2)S(C)(=O)=O)cc1. The quantitative estimate of drug-likeness (QED) is 0.364. The van der Waals surface area contributed by atoms with Gasteiger partial charge in [-0.05, 0) is 29.2 Å². The zero-order valence-corrected chi connectivity index (χ0v) is 19.9. The van der Waals surface area contributed by atoms with Gasteiger partial charge >= 0.3 is 0 Å². The Morgan fingerprint density at radius 3 is 2.39 bits per heavy atom. The molecular weight excluding hydrogens is 452 g/mol. The maximum Gasteiger partial charge on any atom is 0.246 e. The summed E-state index contributed by atoms with van der Waals surface area (Å²) < 4.78 is 26.4. The molecule has 0 radical (unpaired) electrons. The number of amides is 1. The molecule has 0 bridgehead atoms. The van der Waals surface area contributed by atoms with Crippen molar-refractivity contribution in [2.45, 2.75) is 29.9 Å². The van der Waals surface area contributed by atoms with Gasteiger partial charge in [0, 0.05) is 5.75 Å². The van der Waals surface area contributed by atoms with Crippen LogP contribution in [0.15, 0.2) is 58.9 Å². The number of nitrogens with zero attached hydrogens (tertiary/aromatic N) is 3. The molecular formula is C21H24N4O3S3. The summed E-state index contributed by atoms with van der Waals surface area (Å²) in [4.78, 5) is 12.5. The molecule has 0 spiro atoms. The highest BCUT2D eigenvalue weighted by Crippen LogP contribution is 2.28. The molecule has 7 nitrogen and oxygen atoms in total. The molecule has 1 aromatic heterocycles. The molecule has 164 valence electrons. The Labute approximate surface area is 191 Å². The van der Waals surface area contributed by atoms with Gasteiger partial charge in [-0.25, -0.2) is 8.42 Å². The van der Waals surface area contributed by atoms with Gasteiger partial charge in [0.1, 0.15) is 6.54 Å². The predicted octanol–water partition coefficient (Wildman–Crippen LogP) is 4.36. The van der Waals surface area contributed by atoms with Crippen molar-refractivity contribution < 1.29 is 13.2 Å². The van der Waals surface area contributed by atoms with E-state index < -0.39 is 15.9 Å². The summed E-state index contributed by atoms with van der Waals surface area (Å²) in [6.45, 7) is 3.78. The predicted molar refractivity (Wildman–Crippen MR) is 127 cm³/mol. The fourth-order valence-corrected chi connectivity index (χ4v) is 5.33. The van der Waals surface area contributed by atoms with Crippen molar-refractivity contribution in [1.29, 1.82) is 0 Å². The van der Waals surface area contributed by atoms with E-state index in [1.807, 2.05) is 42.5 Å². The average molecular weight is 477 g/mol. The number of sulfonamides is 1. The number of rotatable bonds is 9. The van der Waals surface area contributed by atoms with Crippen molar-refractivity contribution in [3.05, 3.63) is 65.7 Å². The first-order chi connectivity index (χ1) is 14.7. The van der Waals surface area contributed by atoms with Crippen molar-refractivity contribution in [3.8, 4) is 0 Å². The topological polar surface area (TPSA) is 92.3 Å². The molecule has 0 atom stereocenters. The highest BCUT2D eigenvalue weighted by molar-refractivity contribution is 8.00. The minimum Gasteiger partial charge on any atom is -0.299 e. The number of nitrogens with one attached hydrogen (secondary N) is 1. The number of benzene rings is 2. The van der Waals surface area contributed by atoms with E-state index in [1.54, 1.807) is 12.1 Å². The third kappa shape index (κ3) is 6.78. The molecule has 1 heterocycles. The number of carbonyl (C=O) groups excluding carboxylic acids is 1. The van der Waals surface area contributed by atoms with Crippen LogP contribution in [0.3, 0.4) is 0 Å². The number of carbonyl (C=O) groups is 1. The van der Waals surface area contributed by atoms with Crippen LogP contribution in [-0.4, -0.2) is 37.3 Å². The molecule has 0 saturated carbocycles. The number of hydrogen-bond donors (Lipinski definition) is 1. The van der Waals surface area contributed by atoms with Crippen LogP contribution in [0.4, 0.5) is 10.8 Å². The fraction of sp³-hybridized carbons (Fsp3) is 0.286. The van der Waals surface area contributed by atoms with E-state index in [-0.39, 0.29) is 6.54 Å². The lowest BCUT2D eigenvalue weighted by Crippen LogP contribution is -2.37. The Balaban J connectivity index is 1.63. The van der Waals surface area contributed by atoms with Crippen LogP contribution in [-0.2, 0) is 20.6 Å². The van der Waals surface area contributed by atoms with E-state index in [1.165, 1.54) is 28.7 Å². The van der Waals surface area contributed by atoms with Crippen LogP contribution in [0.25, 0.3) is 0 Å². The zero-order valence-electron chi connectivity index (χ0n) is 17.5. The largest absolute Gasteiger partial charge is 0.299 e. The second-order valence-electron chi connectivity index (χ2n) is 7.21. The first-order valence-corrected chi connectivity index (χ1v) is 13.2. The summed E-state index contributed by atoms with van der Waals surface area (Å²) in [5.74, 6) is 0.599.